The van der Waals surface area contributed by atoms with Crippen molar-refractivity contribution < 1.29 is 14.3 Å². The fraction of sp³-hybridized carbons (Fsp3) is 0.409. The van der Waals surface area contributed by atoms with Crippen molar-refractivity contribution in [2.24, 2.45) is 11.8 Å². The first-order valence-corrected chi connectivity index (χ1v) is 8.91. The summed E-state index contributed by atoms with van der Waals surface area (Å²) in [5.74, 6) is 0.480. The SMILES string of the molecule is C.CC/C=C\CC1C(=O)CCC1CC(=O)Oc1cccc2cccnc12. The monoisotopic (exact) mass is 353 g/mol. The summed E-state index contributed by atoms with van der Waals surface area (Å²) in [6.07, 6.45) is 9.11. The highest BCUT2D eigenvalue weighted by Crippen LogP contribution is 2.34. The smallest absolute Gasteiger partial charge is 0.311 e. The number of pyridine rings is 1. The molecule has 1 aromatic carbocycles. The van der Waals surface area contributed by atoms with Gasteiger partial charge in [-0.05, 0) is 37.3 Å². The molecular formula is C22H27NO3. The molecule has 0 spiro atoms. The van der Waals surface area contributed by atoms with Crippen molar-refractivity contribution in [2.75, 3.05) is 0 Å². The molecule has 0 N–H and O–H groups in total. The highest BCUT2D eigenvalue weighted by Gasteiger charge is 2.35. The standard InChI is InChI=1S/C21H23NO3.CH4/c1-2-3-4-9-17-16(11-12-18(17)23)14-20(24)25-19-10-5-7-15-8-6-13-22-21(15)19;/h3-8,10,13,16-17H,2,9,11-12,14H2,1H3;1H4/b4-3-;. The van der Waals surface area contributed by atoms with Crippen LogP contribution in [0, 0.1) is 11.8 Å². The van der Waals surface area contributed by atoms with E-state index in [0.29, 0.717) is 17.7 Å². The fourth-order valence-electron chi connectivity index (χ4n) is 3.49. The van der Waals surface area contributed by atoms with Crippen molar-refractivity contribution in [3.63, 3.8) is 0 Å². The van der Waals surface area contributed by atoms with Gasteiger partial charge in [0.05, 0.1) is 0 Å². The van der Waals surface area contributed by atoms with E-state index in [0.717, 1.165) is 24.6 Å². The first-order valence-electron chi connectivity index (χ1n) is 8.91. The third-order valence-corrected chi connectivity index (χ3v) is 4.78. The number of aromatic nitrogens is 1. The van der Waals surface area contributed by atoms with Crippen molar-refractivity contribution in [1.82, 2.24) is 4.98 Å². The molecule has 1 aromatic heterocycles. The lowest BCUT2D eigenvalue weighted by molar-refractivity contribution is -0.135. The van der Waals surface area contributed by atoms with Crippen LogP contribution >= 0.6 is 0 Å². The number of ether oxygens (including phenoxy) is 1. The zero-order valence-electron chi connectivity index (χ0n) is 14.5. The van der Waals surface area contributed by atoms with E-state index in [1.807, 2.05) is 24.3 Å². The summed E-state index contributed by atoms with van der Waals surface area (Å²) in [5.41, 5.74) is 0.684. The van der Waals surface area contributed by atoms with Crippen molar-refractivity contribution >= 4 is 22.7 Å². The summed E-state index contributed by atoms with van der Waals surface area (Å²) >= 11 is 0. The molecule has 0 saturated heterocycles. The maximum Gasteiger partial charge on any atom is 0.311 e. The lowest BCUT2D eigenvalue weighted by atomic mass is 9.89. The number of hydrogen-bond acceptors (Lipinski definition) is 4. The number of esters is 1. The summed E-state index contributed by atoms with van der Waals surface area (Å²) in [5, 5.41) is 0.937. The Morgan fingerprint density at radius 1 is 1.27 bits per heavy atom. The Kier molecular flexibility index (Phi) is 7.07. The molecule has 0 aliphatic heterocycles. The number of carbonyl (C=O) groups excluding carboxylic acids is 2. The number of hydrogen-bond donors (Lipinski definition) is 0. The number of benzene rings is 1. The molecule has 138 valence electrons. The van der Waals surface area contributed by atoms with Gasteiger partial charge in [-0.15, -0.1) is 0 Å². The number of allylic oxidation sites excluding steroid dienone is 2. The molecule has 26 heavy (non-hydrogen) atoms. The number of rotatable bonds is 6. The third-order valence-electron chi connectivity index (χ3n) is 4.78. The average Bonchev–Trinajstić information content (AvgIpc) is 2.95. The quantitative estimate of drug-likeness (QED) is 0.411. The number of ketones is 1. The normalized spacial score (nSPS) is 19.7. The van der Waals surface area contributed by atoms with Crippen LogP contribution in [-0.4, -0.2) is 16.7 Å². The van der Waals surface area contributed by atoms with Crippen molar-refractivity contribution in [3.05, 3.63) is 48.7 Å². The van der Waals surface area contributed by atoms with Crippen LogP contribution in [0.15, 0.2) is 48.7 Å². The molecule has 2 aromatic rings. The molecule has 1 heterocycles. The minimum absolute atomic E-state index is 0. The maximum atomic E-state index is 12.4. The fourth-order valence-corrected chi connectivity index (χ4v) is 3.49. The van der Waals surface area contributed by atoms with Gasteiger partial charge in [0.25, 0.3) is 0 Å². The second kappa shape index (κ2) is 9.27. The van der Waals surface area contributed by atoms with Crippen LogP contribution in [0.1, 0.15) is 46.5 Å². The van der Waals surface area contributed by atoms with E-state index >= 15 is 0 Å². The van der Waals surface area contributed by atoms with E-state index in [4.69, 9.17) is 4.74 Å². The molecule has 0 bridgehead atoms. The van der Waals surface area contributed by atoms with Gasteiger partial charge in [0.15, 0.2) is 5.75 Å². The van der Waals surface area contributed by atoms with Crippen molar-refractivity contribution in [3.8, 4) is 5.75 Å². The number of nitrogens with zero attached hydrogens (tertiary/aromatic N) is 1. The van der Waals surface area contributed by atoms with E-state index in [9.17, 15) is 9.59 Å². The summed E-state index contributed by atoms with van der Waals surface area (Å²) in [4.78, 5) is 28.8. The molecule has 1 fully saturated rings. The molecule has 4 nitrogen and oxygen atoms in total. The van der Waals surface area contributed by atoms with Gasteiger partial charge < -0.3 is 4.74 Å². The van der Waals surface area contributed by atoms with Crippen LogP contribution in [0.5, 0.6) is 5.75 Å². The predicted octanol–water partition coefficient (Wildman–Crippen LogP) is 5.12. The van der Waals surface area contributed by atoms with Crippen LogP contribution in [-0.2, 0) is 9.59 Å². The molecular weight excluding hydrogens is 326 g/mol. The predicted molar refractivity (Wildman–Crippen MR) is 104 cm³/mol. The minimum Gasteiger partial charge on any atom is -0.424 e. The minimum atomic E-state index is -0.290. The molecule has 1 aliphatic carbocycles. The summed E-state index contributed by atoms with van der Waals surface area (Å²) in [6, 6.07) is 9.34. The average molecular weight is 353 g/mol. The van der Waals surface area contributed by atoms with E-state index in [2.05, 4.69) is 24.1 Å². The molecule has 3 rings (SSSR count). The Hall–Kier alpha value is -2.49. The van der Waals surface area contributed by atoms with Crippen molar-refractivity contribution in [1.29, 1.82) is 0 Å². The molecule has 2 unspecified atom stereocenters. The van der Waals surface area contributed by atoms with Gasteiger partial charge in [-0.25, -0.2) is 0 Å². The molecule has 0 radical (unpaired) electrons. The number of para-hydroxylation sites is 1. The van der Waals surface area contributed by atoms with Gasteiger partial charge in [0, 0.05) is 30.3 Å². The molecule has 1 saturated carbocycles. The zero-order valence-corrected chi connectivity index (χ0v) is 14.5. The largest absolute Gasteiger partial charge is 0.424 e. The van der Waals surface area contributed by atoms with Gasteiger partial charge >= 0.3 is 5.97 Å². The van der Waals surface area contributed by atoms with Gasteiger partial charge in [-0.1, -0.05) is 44.7 Å². The number of carbonyl (C=O) groups is 2. The molecule has 4 heteroatoms. The third kappa shape index (κ3) is 4.57. The topological polar surface area (TPSA) is 56.3 Å². The molecule has 0 amide bonds. The van der Waals surface area contributed by atoms with Crippen molar-refractivity contribution in [2.45, 2.75) is 46.5 Å². The molecule has 1 aliphatic rings. The lowest BCUT2D eigenvalue weighted by Crippen LogP contribution is -2.20. The Bertz CT molecular complexity index is 792. The van der Waals surface area contributed by atoms with E-state index in [-0.39, 0.29) is 37.4 Å². The number of Topliss-reactive ketones (excluding diaryl/α,β-unsaturated/α-hetero) is 1. The highest BCUT2D eigenvalue weighted by molar-refractivity contribution is 5.88. The highest BCUT2D eigenvalue weighted by atomic mass is 16.5. The van der Waals surface area contributed by atoms with Crippen LogP contribution in [0.4, 0.5) is 0 Å². The Morgan fingerprint density at radius 3 is 2.88 bits per heavy atom. The lowest BCUT2D eigenvalue weighted by Gasteiger charge is -2.16. The van der Waals surface area contributed by atoms with Gasteiger partial charge in [-0.2, -0.15) is 0 Å². The Morgan fingerprint density at radius 2 is 2.08 bits per heavy atom. The molecule has 2 atom stereocenters. The van der Waals surface area contributed by atoms with E-state index in [1.54, 1.807) is 12.3 Å². The first-order chi connectivity index (χ1) is 12.2. The van der Waals surface area contributed by atoms with E-state index < -0.39 is 0 Å². The van der Waals surface area contributed by atoms with Crippen LogP contribution in [0.3, 0.4) is 0 Å². The van der Waals surface area contributed by atoms with Crippen LogP contribution in [0.2, 0.25) is 0 Å². The Balaban J connectivity index is 0.00000243. The zero-order chi connectivity index (χ0) is 17.6. The van der Waals surface area contributed by atoms with E-state index in [1.165, 1.54) is 0 Å². The Labute approximate surface area is 155 Å². The summed E-state index contributed by atoms with van der Waals surface area (Å²) < 4.78 is 5.57. The van der Waals surface area contributed by atoms with Crippen LogP contribution in [0.25, 0.3) is 10.9 Å². The first kappa shape index (κ1) is 19.8. The van der Waals surface area contributed by atoms with Gasteiger partial charge in [0.1, 0.15) is 11.3 Å². The maximum absolute atomic E-state index is 12.4. The summed E-state index contributed by atoms with van der Waals surface area (Å²) in [7, 11) is 0. The second-order valence-corrected chi connectivity index (χ2v) is 6.50. The summed E-state index contributed by atoms with van der Waals surface area (Å²) in [6.45, 7) is 2.07. The number of fused-ring (bicyclic) bond motifs is 1. The second-order valence-electron chi connectivity index (χ2n) is 6.50. The van der Waals surface area contributed by atoms with Gasteiger partial charge in [0.2, 0.25) is 0 Å². The van der Waals surface area contributed by atoms with Crippen LogP contribution < -0.4 is 4.74 Å². The van der Waals surface area contributed by atoms with Gasteiger partial charge in [-0.3, -0.25) is 14.6 Å².